The van der Waals surface area contributed by atoms with Crippen LogP contribution in [0, 0.1) is 5.92 Å². The van der Waals surface area contributed by atoms with Crippen LogP contribution in [0.1, 0.15) is 43.7 Å². The molecule has 1 aromatic carbocycles. The van der Waals surface area contributed by atoms with Crippen LogP contribution in [-0.2, 0) is 22.4 Å². The number of carbonyl (C=O) groups is 1. The molecule has 6 nitrogen and oxygen atoms in total. The Bertz CT molecular complexity index is 667. The van der Waals surface area contributed by atoms with Gasteiger partial charge in [-0.3, -0.25) is 9.79 Å². The van der Waals surface area contributed by atoms with Crippen molar-refractivity contribution in [3.05, 3.63) is 29.3 Å². The van der Waals surface area contributed by atoms with Crippen LogP contribution in [0.2, 0.25) is 0 Å². The number of ether oxygens (including phenoxy) is 2. The van der Waals surface area contributed by atoms with E-state index in [1.807, 2.05) is 6.92 Å². The number of carbonyl (C=O) groups excluding carboxylic acids is 1. The van der Waals surface area contributed by atoms with E-state index in [1.165, 1.54) is 11.1 Å². The molecule has 27 heavy (non-hydrogen) atoms. The Hall–Kier alpha value is -2.24. The van der Waals surface area contributed by atoms with E-state index in [2.05, 4.69) is 33.8 Å². The number of benzene rings is 1. The van der Waals surface area contributed by atoms with Crippen molar-refractivity contribution >= 4 is 11.9 Å². The summed E-state index contributed by atoms with van der Waals surface area (Å²) in [6.07, 6.45) is 5.65. The Morgan fingerprint density at radius 2 is 2.11 bits per heavy atom. The summed E-state index contributed by atoms with van der Waals surface area (Å²) in [4.78, 5) is 16.2. The van der Waals surface area contributed by atoms with Gasteiger partial charge >= 0.3 is 5.97 Å². The molecule has 1 fully saturated rings. The molecular weight excluding hydrogens is 342 g/mol. The van der Waals surface area contributed by atoms with Gasteiger partial charge in [-0.2, -0.15) is 0 Å². The van der Waals surface area contributed by atoms with Crippen molar-refractivity contribution in [3.63, 3.8) is 0 Å². The molecule has 3 rings (SSSR count). The fourth-order valence-electron chi connectivity index (χ4n) is 3.84. The number of fused-ring (bicyclic) bond motifs is 1. The summed E-state index contributed by atoms with van der Waals surface area (Å²) in [5.41, 5.74) is 2.63. The largest absolute Gasteiger partial charge is 0.493 e. The molecule has 2 aliphatic rings. The van der Waals surface area contributed by atoms with E-state index >= 15 is 0 Å². The number of guanidine groups is 1. The summed E-state index contributed by atoms with van der Waals surface area (Å²) < 4.78 is 10.7. The normalized spacial score (nSPS) is 21.9. The van der Waals surface area contributed by atoms with E-state index in [-0.39, 0.29) is 11.9 Å². The molecule has 1 saturated carbocycles. The fourth-order valence-corrected chi connectivity index (χ4v) is 3.84. The van der Waals surface area contributed by atoms with Crippen LogP contribution in [0.3, 0.4) is 0 Å². The zero-order valence-electron chi connectivity index (χ0n) is 16.4. The minimum absolute atomic E-state index is 0.0433. The summed E-state index contributed by atoms with van der Waals surface area (Å²) in [5.74, 6) is 1.88. The molecule has 6 heteroatoms. The summed E-state index contributed by atoms with van der Waals surface area (Å²) in [5, 5.41) is 6.90. The van der Waals surface area contributed by atoms with Gasteiger partial charge in [0.25, 0.3) is 0 Å². The maximum Gasteiger partial charge on any atom is 0.308 e. The van der Waals surface area contributed by atoms with Gasteiger partial charge in [-0.1, -0.05) is 12.1 Å². The number of hydrogen-bond acceptors (Lipinski definition) is 4. The predicted molar refractivity (Wildman–Crippen MR) is 106 cm³/mol. The maximum atomic E-state index is 11.8. The third-order valence-corrected chi connectivity index (χ3v) is 5.37. The Kier molecular flexibility index (Phi) is 6.96. The van der Waals surface area contributed by atoms with Crippen molar-refractivity contribution in [1.29, 1.82) is 0 Å². The summed E-state index contributed by atoms with van der Waals surface area (Å²) in [6, 6.07) is 6.82. The average Bonchev–Trinajstić information content (AvgIpc) is 3.15. The van der Waals surface area contributed by atoms with Crippen molar-refractivity contribution in [1.82, 2.24) is 10.6 Å². The van der Waals surface area contributed by atoms with Crippen molar-refractivity contribution < 1.29 is 14.3 Å². The lowest BCUT2D eigenvalue weighted by molar-refractivity contribution is -0.149. The van der Waals surface area contributed by atoms with Crippen LogP contribution in [0.4, 0.5) is 0 Å². The first-order valence-corrected chi connectivity index (χ1v) is 10.1. The molecule has 1 aliphatic heterocycles. The number of hydrogen-bond donors (Lipinski definition) is 2. The Morgan fingerprint density at radius 1 is 1.30 bits per heavy atom. The lowest BCUT2D eigenvalue weighted by atomic mass is 9.86. The average molecular weight is 373 g/mol. The molecule has 1 aliphatic carbocycles. The minimum Gasteiger partial charge on any atom is -0.493 e. The highest BCUT2D eigenvalue weighted by atomic mass is 16.5. The topological polar surface area (TPSA) is 72.0 Å². The monoisotopic (exact) mass is 373 g/mol. The predicted octanol–water partition coefficient (Wildman–Crippen LogP) is 2.45. The summed E-state index contributed by atoms with van der Waals surface area (Å²) in [7, 11) is 1.80. The Balaban J connectivity index is 1.39. The molecule has 2 N–H and O–H groups in total. The summed E-state index contributed by atoms with van der Waals surface area (Å²) >= 11 is 0. The first-order chi connectivity index (χ1) is 13.2. The molecule has 0 radical (unpaired) electrons. The van der Waals surface area contributed by atoms with Gasteiger partial charge in [-0.25, -0.2) is 0 Å². The van der Waals surface area contributed by atoms with Gasteiger partial charge < -0.3 is 20.1 Å². The van der Waals surface area contributed by atoms with E-state index in [9.17, 15) is 4.79 Å². The second-order valence-electron chi connectivity index (χ2n) is 7.23. The lowest BCUT2D eigenvalue weighted by Crippen LogP contribution is -2.45. The molecule has 0 unspecified atom stereocenters. The van der Waals surface area contributed by atoms with Crippen LogP contribution in [0.25, 0.3) is 0 Å². The molecule has 148 valence electrons. The van der Waals surface area contributed by atoms with E-state index in [0.29, 0.717) is 12.6 Å². The zero-order valence-corrected chi connectivity index (χ0v) is 16.4. The zero-order chi connectivity index (χ0) is 19.1. The highest BCUT2D eigenvalue weighted by Crippen LogP contribution is 2.26. The first-order valence-electron chi connectivity index (χ1n) is 10.1. The number of nitrogens with zero attached hydrogens (tertiary/aromatic N) is 1. The van der Waals surface area contributed by atoms with Gasteiger partial charge in [-0.05, 0) is 56.2 Å². The van der Waals surface area contributed by atoms with Crippen molar-refractivity contribution in [2.75, 3.05) is 26.8 Å². The second kappa shape index (κ2) is 9.62. The van der Waals surface area contributed by atoms with Gasteiger partial charge in [0.15, 0.2) is 5.96 Å². The summed E-state index contributed by atoms with van der Waals surface area (Å²) in [6.45, 7) is 3.95. The van der Waals surface area contributed by atoms with Crippen LogP contribution in [-0.4, -0.2) is 44.8 Å². The van der Waals surface area contributed by atoms with Crippen LogP contribution in [0.15, 0.2) is 23.2 Å². The molecular formula is C21H31N3O3. The van der Waals surface area contributed by atoms with E-state index in [0.717, 1.165) is 63.4 Å². The Morgan fingerprint density at radius 3 is 2.85 bits per heavy atom. The van der Waals surface area contributed by atoms with E-state index in [1.54, 1.807) is 7.05 Å². The van der Waals surface area contributed by atoms with Crippen LogP contribution >= 0.6 is 0 Å². The molecule has 0 spiro atoms. The van der Waals surface area contributed by atoms with Gasteiger partial charge in [0.05, 0.1) is 19.1 Å². The Labute approximate surface area is 161 Å². The van der Waals surface area contributed by atoms with Gasteiger partial charge in [0.1, 0.15) is 5.75 Å². The third kappa shape index (κ3) is 5.37. The number of esters is 1. The number of nitrogens with one attached hydrogen (secondary N) is 2. The minimum atomic E-state index is -0.0433. The van der Waals surface area contributed by atoms with Crippen LogP contribution < -0.4 is 15.4 Å². The van der Waals surface area contributed by atoms with E-state index < -0.39 is 0 Å². The second-order valence-corrected chi connectivity index (χ2v) is 7.23. The molecule has 1 heterocycles. The maximum absolute atomic E-state index is 11.8. The molecule has 0 atom stereocenters. The lowest BCUT2D eigenvalue weighted by Gasteiger charge is -2.29. The number of rotatable bonds is 6. The fraction of sp³-hybridized carbons (Fsp3) is 0.619. The molecule has 0 amide bonds. The van der Waals surface area contributed by atoms with Gasteiger partial charge in [0.2, 0.25) is 0 Å². The van der Waals surface area contributed by atoms with Crippen molar-refractivity contribution in [3.8, 4) is 5.75 Å². The highest BCUT2D eigenvalue weighted by Gasteiger charge is 2.27. The highest BCUT2D eigenvalue weighted by molar-refractivity contribution is 5.80. The third-order valence-electron chi connectivity index (χ3n) is 5.37. The standard InChI is InChI=1S/C21H31N3O3/c1-3-26-20(25)16-5-7-18(8-6-16)24-21(22-2)23-12-10-15-4-9-19-17(14-15)11-13-27-19/h4,9,14,16,18H,3,5-8,10-13H2,1-2H3,(H2,22,23,24). The van der Waals surface area contributed by atoms with Crippen LogP contribution in [0.5, 0.6) is 5.75 Å². The molecule has 0 bridgehead atoms. The SMILES string of the molecule is CCOC(=O)C1CCC(NC(=NC)NCCc2ccc3c(c2)CCO3)CC1. The number of aliphatic imine (C=N–C) groups is 1. The van der Waals surface area contributed by atoms with Crippen molar-refractivity contribution in [2.45, 2.75) is 51.5 Å². The van der Waals surface area contributed by atoms with E-state index in [4.69, 9.17) is 9.47 Å². The molecule has 0 saturated heterocycles. The smallest absolute Gasteiger partial charge is 0.308 e. The molecule has 0 aromatic heterocycles. The van der Waals surface area contributed by atoms with Gasteiger partial charge in [-0.15, -0.1) is 0 Å². The molecule has 1 aromatic rings. The van der Waals surface area contributed by atoms with Crippen molar-refractivity contribution in [2.24, 2.45) is 10.9 Å². The quantitative estimate of drug-likeness (QED) is 0.455. The van der Waals surface area contributed by atoms with Gasteiger partial charge in [0, 0.05) is 26.1 Å². The first kappa shape index (κ1) is 19.5.